The average Bonchev–Trinajstić information content (AvgIpc) is 2.62. The van der Waals surface area contributed by atoms with Crippen molar-refractivity contribution in [2.24, 2.45) is 5.92 Å². The Morgan fingerprint density at radius 1 is 1.50 bits per heavy atom. The minimum Gasteiger partial charge on any atom is -0.395 e. The molecule has 1 N–H and O–H groups in total. The zero-order valence-corrected chi connectivity index (χ0v) is 9.84. The quantitative estimate of drug-likeness (QED) is 0.692. The Balaban J connectivity index is 2.16. The third kappa shape index (κ3) is 3.76. The van der Waals surface area contributed by atoms with Gasteiger partial charge in [-0.3, -0.25) is 4.90 Å². The molecule has 0 aromatic rings. The summed E-state index contributed by atoms with van der Waals surface area (Å²) in [4.78, 5) is 2.42. The normalized spacial score (nSPS) is 25.5. The lowest BCUT2D eigenvalue weighted by molar-refractivity contribution is 0.152. The van der Waals surface area contributed by atoms with Gasteiger partial charge in [0.15, 0.2) is 0 Å². The lowest BCUT2D eigenvalue weighted by Gasteiger charge is -2.23. The van der Waals surface area contributed by atoms with Gasteiger partial charge in [0.05, 0.1) is 6.61 Å². The van der Waals surface area contributed by atoms with Gasteiger partial charge < -0.3 is 5.11 Å². The van der Waals surface area contributed by atoms with E-state index in [2.05, 4.69) is 11.8 Å². The highest BCUT2D eigenvalue weighted by atomic mass is 35.5. The minimum absolute atomic E-state index is 0.323. The monoisotopic (exact) mass is 219 g/mol. The standard InChI is InChI=1S/C11H22ClNO/c1-10(4-6-12)5-8-13-7-2-3-11(13)9-14/h10-11,14H,2-9H2,1H3. The van der Waals surface area contributed by atoms with E-state index in [0.29, 0.717) is 18.6 Å². The van der Waals surface area contributed by atoms with Crippen molar-refractivity contribution in [3.05, 3.63) is 0 Å². The van der Waals surface area contributed by atoms with E-state index >= 15 is 0 Å². The molecule has 2 unspecified atom stereocenters. The minimum atomic E-state index is 0.323. The van der Waals surface area contributed by atoms with Crippen molar-refractivity contribution in [1.29, 1.82) is 0 Å². The van der Waals surface area contributed by atoms with Crippen molar-refractivity contribution < 1.29 is 5.11 Å². The van der Waals surface area contributed by atoms with Gasteiger partial charge in [0.25, 0.3) is 0 Å². The number of aliphatic hydroxyl groups is 1. The van der Waals surface area contributed by atoms with Crippen molar-refractivity contribution in [2.75, 3.05) is 25.6 Å². The molecule has 0 amide bonds. The highest BCUT2D eigenvalue weighted by molar-refractivity contribution is 6.17. The molecule has 0 aromatic carbocycles. The Morgan fingerprint density at radius 2 is 2.29 bits per heavy atom. The number of rotatable bonds is 6. The van der Waals surface area contributed by atoms with Crippen LogP contribution in [0.5, 0.6) is 0 Å². The van der Waals surface area contributed by atoms with Crippen LogP contribution in [0.4, 0.5) is 0 Å². The van der Waals surface area contributed by atoms with Crippen molar-refractivity contribution >= 4 is 11.6 Å². The molecule has 84 valence electrons. The summed E-state index contributed by atoms with van der Waals surface area (Å²) in [6, 6.07) is 0.429. The lowest BCUT2D eigenvalue weighted by atomic mass is 10.0. The molecule has 2 nitrogen and oxygen atoms in total. The summed E-state index contributed by atoms with van der Waals surface area (Å²) >= 11 is 5.69. The SMILES string of the molecule is CC(CCCl)CCN1CCCC1CO. The first-order chi connectivity index (χ1) is 6.77. The zero-order valence-electron chi connectivity index (χ0n) is 9.08. The van der Waals surface area contributed by atoms with Gasteiger partial charge in [-0.2, -0.15) is 0 Å². The molecule has 1 fully saturated rings. The van der Waals surface area contributed by atoms with Crippen LogP contribution < -0.4 is 0 Å². The Morgan fingerprint density at radius 3 is 2.93 bits per heavy atom. The fraction of sp³-hybridized carbons (Fsp3) is 1.00. The van der Waals surface area contributed by atoms with E-state index in [1.165, 1.54) is 25.8 Å². The number of nitrogens with zero attached hydrogens (tertiary/aromatic N) is 1. The summed E-state index contributed by atoms with van der Waals surface area (Å²) in [7, 11) is 0. The first kappa shape index (κ1) is 12.3. The fourth-order valence-electron chi connectivity index (χ4n) is 2.11. The molecule has 2 atom stereocenters. The van der Waals surface area contributed by atoms with Gasteiger partial charge in [0.1, 0.15) is 0 Å². The van der Waals surface area contributed by atoms with Crippen LogP contribution in [-0.4, -0.2) is 41.6 Å². The number of hydrogen-bond donors (Lipinski definition) is 1. The summed E-state index contributed by atoms with van der Waals surface area (Å²) in [6.45, 7) is 4.87. The maximum atomic E-state index is 9.14. The van der Waals surface area contributed by atoms with E-state index in [-0.39, 0.29) is 0 Å². The largest absolute Gasteiger partial charge is 0.395 e. The zero-order chi connectivity index (χ0) is 10.4. The van der Waals surface area contributed by atoms with E-state index in [0.717, 1.165) is 18.8 Å². The predicted molar refractivity (Wildman–Crippen MR) is 60.8 cm³/mol. The Hall–Kier alpha value is 0.210. The van der Waals surface area contributed by atoms with Crippen molar-refractivity contribution in [2.45, 2.75) is 38.6 Å². The Labute approximate surface area is 92.2 Å². The number of alkyl halides is 1. The van der Waals surface area contributed by atoms with E-state index < -0.39 is 0 Å². The van der Waals surface area contributed by atoms with Crippen LogP contribution in [0.3, 0.4) is 0 Å². The number of likely N-dealkylation sites (tertiary alicyclic amines) is 1. The van der Waals surface area contributed by atoms with Crippen LogP contribution in [0.1, 0.15) is 32.6 Å². The molecule has 1 heterocycles. The molecule has 14 heavy (non-hydrogen) atoms. The summed E-state index contributed by atoms with van der Waals surface area (Å²) in [5.41, 5.74) is 0. The van der Waals surface area contributed by atoms with Crippen LogP contribution in [-0.2, 0) is 0 Å². The molecular weight excluding hydrogens is 198 g/mol. The topological polar surface area (TPSA) is 23.5 Å². The fourth-order valence-corrected chi connectivity index (χ4v) is 2.49. The highest BCUT2D eigenvalue weighted by Gasteiger charge is 2.23. The molecule has 1 aliphatic heterocycles. The molecular formula is C11H22ClNO. The lowest BCUT2D eigenvalue weighted by Crippen LogP contribution is -2.33. The van der Waals surface area contributed by atoms with E-state index in [1.54, 1.807) is 0 Å². The number of halogens is 1. The smallest absolute Gasteiger partial charge is 0.0586 e. The Kier molecular flexibility index (Phi) is 5.83. The average molecular weight is 220 g/mol. The van der Waals surface area contributed by atoms with Gasteiger partial charge in [-0.25, -0.2) is 0 Å². The van der Waals surface area contributed by atoms with Gasteiger partial charge in [-0.1, -0.05) is 6.92 Å². The molecule has 0 bridgehead atoms. The molecule has 0 radical (unpaired) electrons. The molecule has 0 aromatic heterocycles. The third-order valence-electron chi connectivity index (χ3n) is 3.22. The molecule has 3 heteroatoms. The van der Waals surface area contributed by atoms with Gasteiger partial charge in [-0.15, -0.1) is 11.6 Å². The molecule has 1 aliphatic rings. The molecule has 0 saturated carbocycles. The van der Waals surface area contributed by atoms with E-state index in [9.17, 15) is 0 Å². The summed E-state index contributed by atoms with van der Waals surface area (Å²) in [5.74, 6) is 1.48. The van der Waals surface area contributed by atoms with Crippen molar-refractivity contribution in [3.63, 3.8) is 0 Å². The number of hydrogen-bond acceptors (Lipinski definition) is 2. The second-order valence-electron chi connectivity index (χ2n) is 4.39. The van der Waals surface area contributed by atoms with Crippen molar-refractivity contribution in [3.8, 4) is 0 Å². The summed E-state index contributed by atoms with van der Waals surface area (Å²) < 4.78 is 0. The van der Waals surface area contributed by atoms with Crippen LogP contribution in [0.25, 0.3) is 0 Å². The van der Waals surface area contributed by atoms with Crippen LogP contribution in [0.2, 0.25) is 0 Å². The van der Waals surface area contributed by atoms with Gasteiger partial charge in [0.2, 0.25) is 0 Å². The predicted octanol–water partition coefficient (Wildman–Crippen LogP) is 2.10. The molecule has 1 rings (SSSR count). The first-order valence-corrected chi connectivity index (χ1v) is 6.22. The van der Waals surface area contributed by atoms with Crippen LogP contribution in [0.15, 0.2) is 0 Å². The van der Waals surface area contributed by atoms with Crippen molar-refractivity contribution in [1.82, 2.24) is 4.90 Å². The second-order valence-corrected chi connectivity index (χ2v) is 4.76. The van der Waals surface area contributed by atoms with Gasteiger partial charge in [0, 0.05) is 11.9 Å². The highest BCUT2D eigenvalue weighted by Crippen LogP contribution is 2.18. The van der Waals surface area contributed by atoms with Gasteiger partial charge >= 0.3 is 0 Å². The number of aliphatic hydroxyl groups excluding tert-OH is 1. The van der Waals surface area contributed by atoms with Crippen LogP contribution >= 0.6 is 11.6 Å². The Bertz CT molecular complexity index is 154. The molecule has 0 aliphatic carbocycles. The second kappa shape index (κ2) is 6.65. The first-order valence-electron chi connectivity index (χ1n) is 5.68. The van der Waals surface area contributed by atoms with E-state index in [4.69, 9.17) is 16.7 Å². The maximum absolute atomic E-state index is 9.14. The van der Waals surface area contributed by atoms with Crippen LogP contribution in [0, 0.1) is 5.92 Å². The molecule has 1 saturated heterocycles. The van der Waals surface area contributed by atoms with Gasteiger partial charge in [-0.05, 0) is 44.7 Å². The maximum Gasteiger partial charge on any atom is 0.0586 e. The molecule has 0 spiro atoms. The van der Waals surface area contributed by atoms with E-state index in [1.807, 2.05) is 0 Å². The third-order valence-corrected chi connectivity index (χ3v) is 3.44. The summed E-state index contributed by atoms with van der Waals surface area (Å²) in [5, 5.41) is 9.14. The summed E-state index contributed by atoms with van der Waals surface area (Å²) in [6.07, 6.45) is 4.73.